The van der Waals surface area contributed by atoms with Crippen LogP contribution in [0, 0.1) is 0 Å². The first-order chi connectivity index (χ1) is 4.42. The van der Waals surface area contributed by atoms with E-state index in [0.29, 0.717) is 0 Å². The summed E-state index contributed by atoms with van der Waals surface area (Å²) in [5, 5.41) is 0. The van der Waals surface area contributed by atoms with E-state index in [0.717, 1.165) is 0 Å². The molecule has 0 saturated carbocycles. The zero-order valence-electron chi connectivity index (χ0n) is 5.48. The Morgan fingerprint density at radius 1 is 1.40 bits per heavy atom. The first-order valence-electron chi connectivity index (χ1n) is 2.40. The van der Waals surface area contributed by atoms with Gasteiger partial charge in [0.25, 0.3) is 0 Å². The van der Waals surface area contributed by atoms with Gasteiger partial charge in [-0.1, -0.05) is 31.9 Å². The van der Waals surface area contributed by atoms with Crippen molar-refractivity contribution >= 4 is 43.6 Å². The normalized spacial score (nSPS) is 10.8. The zero-order chi connectivity index (χ0) is 8.36. The van der Waals surface area contributed by atoms with E-state index in [2.05, 4.69) is 36.6 Å². The lowest BCUT2D eigenvalue weighted by molar-refractivity contribution is -0.142. The van der Waals surface area contributed by atoms with Crippen LogP contribution in [0.2, 0.25) is 0 Å². The fraction of sp³-hybridized carbons (Fsp3) is 0.600. The van der Waals surface area contributed by atoms with Crippen LogP contribution < -0.4 is 0 Å². The SMILES string of the molecule is COC(=O)C(Br)(Br)C(C)=O. The van der Waals surface area contributed by atoms with Crippen molar-refractivity contribution in [3.8, 4) is 0 Å². The summed E-state index contributed by atoms with van der Waals surface area (Å²) >= 11 is 5.73. The Morgan fingerprint density at radius 3 is 1.90 bits per heavy atom. The Bertz CT molecular complexity index is 164. The molecule has 0 aliphatic heterocycles. The van der Waals surface area contributed by atoms with Crippen molar-refractivity contribution in [3.05, 3.63) is 0 Å². The lowest BCUT2D eigenvalue weighted by Crippen LogP contribution is -2.33. The maximum absolute atomic E-state index is 10.7. The first kappa shape index (κ1) is 10.1. The van der Waals surface area contributed by atoms with Crippen molar-refractivity contribution in [2.24, 2.45) is 0 Å². The fourth-order valence-electron chi connectivity index (χ4n) is 0.272. The van der Waals surface area contributed by atoms with Crippen LogP contribution in [0.3, 0.4) is 0 Å². The van der Waals surface area contributed by atoms with Gasteiger partial charge < -0.3 is 4.74 Å². The molecule has 0 N–H and O–H groups in total. The minimum Gasteiger partial charge on any atom is -0.467 e. The number of esters is 1. The van der Waals surface area contributed by atoms with E-state index in [1.54, 1.807) is 0 Å². The van der Waals surface area contributed by atoms with Crippen LogP contribution >= 0.6 is 31.9 Å². The van der Waals surface area contributed by atoms with Crippen molar-refractivity contribution in [3.63, 3.8) is 0 Å². The fourth-order valence-corrected chi connectivity index (χ4v) is 0.596. The first-order valence-corrected chi connectivity index (χ1v) is 3.98. The number of rotatable bonds is 2. The van der Waals surface area contributed by atoms with Crippen LogP contribution in [-0.2, 0) is 14.3 Å². The molecule has 0 aliphatic carbocycles. The van der Waals surface area contributed by atoms with Crippen LogP contribution in [0.4, 0.5) is 0 Å². The molecule has 0 aromatic rings. The smallest absolute Gasteiger partial charge is 0.341 e. The predicted molar refractivity (Wildman–Crippen MR) is 43.3 cm³/mol. The average Bonchev–Trinajstić information content (AvgIpc) is 1.86. The van der Waals surface area contributed by atoms with Crippen LogP contribution in [0.5, 0.6) is 0 Å². The Labute approximate surface area is 75.4 Å². The second-order valence-electron chi connectivity index (χ2n) is 1.62. The highest BCUT2D eigenvalue weighted by Gasteiger charge is 2.38. The van der Waals surface area contributed by atoms with Gasteiger partial charge in [0.1, 0.15) is 0 Å². The molecule has 58 valence electrons. The second kappa shape index (κ2) is 3.48. The molecule has 5 heteroatoms. The third-order valence-electron chi connectivity index (χ3n) is 0.884. The molecule has 0 aromatic heterocycles. The minimum absolute atomic E-state index is 0.348. The molecule has 0 amide bonds. The Balaban J connectivity index is 4.40. The molecular formula is C5H6Br2O3. The van der Waals surface area contributed by atoms with Crippen molar-refractivity contribution < 1.29 is 14.3 Å². The molecule has 0 aromatic carbocycles. The van der Waals surface area contributed by atoms with E-state index < -0.39 is 9.20 Å². The number of ketones is 1. The zero-order valence-corrected chi connectivity index (χ0v) is 8.65. The average molecular weight is 274 g/mol. The molecule has 0 rings (SSSR count). The van der Waals surface area contributed by atoms with Gasteiger partial charge in [0, 0.05) is 0 Å². The molecule has 0 saturated heterocycles. The van der Waals surface area contributed by atoms with Gasteiger partial charge in [-0.05, 0) is 6.92 Å². The van der Waals surface area contributed by atoms with Gasteiger partial charge in [-0.3, -0.25) is 4.79 Å². The quantitative estimate of drug-likeness (QED) is 0.432. The Hall–Kier alpha value is 0.1000. The third kappa shape index (κ3) is 2.05. The topological polar surface area (TPSA) is 43.4 Å². The molecule has 10 heavy (non-hydrogen) atoms. The summed E-state index contributed by atoms with van der Waals surface area (Å²) in [4.78, 5) is 21.4. The molecule has 0 aliphatic rings. The van der Waals surface area contributed by atoms with E-state index in [1.807, 2.05) is 0 Å². The van der Waals surface area contributed by atoms with Crippen LogP contribution in [0.25, 0.3) is 0 Å². The minimum atomic E-state index is -1.37. The molecule has 0 radical (unpaired) electrons. The number of alkyl halides is 2. The lowest BCUT2D eigenvalue weighted by atomic mass is 10.3. The molecule has 0 unspecified atom stereocenters. The molecule has 0 spiro atoms. The molecule has 0 bridgehead atoms. The summed E-state index contributed by atoms with van der Waals surface area (Å²) in [6.07, 6.45) is 0. The van der Waals surface area contributed by atoms with Gasteiger partial charge in [0.15, 0.2) is 5.78 Å². The van der Waals surface area contributed by atoms with Crippen LogP contribution in [0.1, 0.15) is 6.92 Å². The van der Waals surface area contributed by atoms with Crippen molar-refractivity contribution in [2.75, 3.05) is 7.11 Å². The van der Waals surface area contributed by atoms with E-state index in [9.17, 15) is 9.59 Å². The molecule has 0 fully saturated rings. The van der Waals surface area contributed by atoms with Crippen LogP contribution in [0.15, 0.2) is 0 Å². The maximum atomic E-state index is 10.7. The lowest BCUT2D eigenvalue weighted by Gasteiger charge is -2.12. The van der Waals surface area contributed by atoms with Gasteiger partial charge >= 0.3 is 5.97 Å². The predicted octanol–water partition coefficient (Wildman–Crippen LogP) is 1.23. The van der Waals surface area contributed by atoms with E-state index in [-0.39, 0.29) is 5.78 Å². The van der Waals surface area contributed by atoms with Crippen LogP contribution in [-0.4, -0.2) is 22.1 Å². The highest BCUT2D eigenvalue weighted by molar-refractivity contribution is 9.26. The summed E-state index contributed by atoms with van der Waals surface area (Å²) in [5.74, 6) is -1.00. The molecule has 0 heterocycles. The standard InChI is InChI=1S/C5H6Br2O3/c1-3(8)5(6,7)4(9)10-2/h1-2H3. The molecule has 0 atom stereocenters. The Kier molecular flexibility index (Phi) is 3.51. The summed E-state index contributed by atoms with van der Waals surface area (Å²) in [5.41, 5.74) is 0. The Morgan fingerprint density at radius 2 is 1.80 bits per heavy atom. The van der Waals surface area contributed by atoms with E-state index in [1.165, 1.54) is 14.0 Å². The number of hydrogen-bond acceptors (Lipinski definition) is 3. The highest BCUT2D eigenvalue weighted by Crippen LogP contribution is 2.28. The summed E-state index contributed by atoms with van der Waals surface area (Å²) in [6, 6.07) is 0. The number of ether oxygens (including phenoxy) is 1. The number of hydrogen-bond donors (Lipinski definition) is 0. The monoisotopic (exact) mass is 272 g/mol. The number of methoxy groups -OCH3 is 1. The molecule has 3 nitrogen and oxygen atoms in total. The van der Waals surface area contributed by atoms with Crippen molar-refractivity contribution in [2.45, 2.75) is 10.2 Å². The van der Waals surface area contributed by atoms with Crippen molar-refractivity contribution in [1.82, 2.24) is 0 Å². The second-order valence-corrected chi connectivity index (χ2v) is 5.07. The third-order valence-corrected chi connectivity index (χ3v) is 2.65. The van der Waals surface area contributed by atoms with Gasteiger partial charge in [-0.25, -0.2) is 4.79 Å². The number of Topliss-reactive ketones (excluding diaryl/α,β-unsaturated/α-hetero) is 1. The van der Waals surface area contributed by atoms with Crippen molar-refractivity contribution in [1.29, 1.82) is 0 Å². The summed E-state index contributed by atoms with van der Waals surface area (Å²) < 4.78 is 2.96. The van der Waals surface area contributed by atoms with Gasteiger partial charge in [0.05, 0.1) is 7.11 Å². The molecular weight excluding hydrogens is 268 g/mol. The van der Waals surface area contributed by atoms with E-state index >= 15 is 0 Å². The maximum Gasteiger partial charge on any atom is 0.341 e. The number of carbonyl (C=O) groups excluding carboxylic acids is 2. The highest BCUT2D eigenvalue weighted by atomic mass is 79.9. The largest absolute Gasteiger partial charge is 0.467 e. The number of halogens is 2. The van der Waals surface area contributed by atoms with E-state index in [4.69, 9.17) is 0 Å². The van der Waals surface area contributed by atoms with Gasteiger partial charge in [-0.2, -0.15) is 0 Å². The number of carbonyl (C=O) groups is 2. The summed E-state index contributed by atoms with van der Waals surface area (Å²) in [6.45, 7) is 1.28. The van der Waals surface area contributed by atoms with Gasteiger partial charge in [0.2, 0.25) is 3.23 Å². The van der Waals surface area contributed by atoms with Gasteiger partial charge in [-0.15, -0.1) is 0 Å². The summed E-state index contributed by atoms with van der Waals surface area (Å²) in [7, 11) is 1.21.